The van der Waals surface area contributed by atoms with Crippen LogP contribution in [0.25, 0.3) is 0 Å². The number of aliphatic hydroxyl groups is 2. The molecule has 0 saturated carbocycles. The van der Waals surface area contributed by atoms with Crippen LogP contribution >= 0.6 is 0 Å². The SMILES string of the molecule is CC.CCC(OC)C(C)CCC(O)C/C=C/C=C(\C)C1OC(C)C(OC)CC1OC.CO. The van der Waals surface area contributed by atoms with Gasteiger partial charge in [0.1, 0.15) is 6.10 Å². The smallest absolute Gasteiger partial charge is 0.105 e. The lowest BCUT2D eigenvalue weighted by atomic mass is 9.94. The zero-order chi connectivity index (χ0) is 25.1. The summed E-state index contributed by atoms with van der Waals surface area (Å²) in [6.07, 6.45) is 10.3. The number of hydrogen-bond donors (Lipinski definition) is 2. The monoisotopic (exact) mass is 460 g/mol. The summed E-state index contributed by atoms with van der Waals surface area (Å²) in [5, 5.41) is 17.2. The quantitative estimate of drug-likeness (QED) is 0.402. The van der Waals surface area contributed by atoms with Crippen molar-refractivity contribution in [3.8, 4) is 0 Å². The molecule has 7 atom stereocenters. The van der Waals surface area contributed by atoms with Crippen LogP contribution in [0, 0.1) is 5.92 Å². The van der Waals surface area contributed by atoms with Crippen molar-refractivity contribution < 1.29 is 29.2 Å². The van der Waals surface area contributed by atoms with Gasteiger partial charge in [-0.25, -0.2) is 0 Å². The Balaban J connectivity index is 0. The molecule has 1 aliphatic heterocycles. The molecule has 0 aromatic carbocycles. The van der Waals surface area contributed by atoms with Gasteiger partial charge in [-0.2, -0.15) is 0 Å². The number of rotatable bonds is 12. The Kier molecular flexibility index (Phi) is 21.7. The number of ether oxygens (including phenoxy) is 4. The van der Waals surface area contributed by atoms with Gasteiger partial charge in [-0.1, -0.05) is 45.9 Å². The molecule has 1 heterocycles. The van der Waals surface area contributed by atoms with Gasteiger partial charge >= 0.3 is 0 Å². The molecular weight excluding hydrogens is 408 g/mol. The highest BCUT2D eigenvalue weighted by molar-refractivity contribution is 5.17. The van der Waals surface area contributed by atoms with Gasteiger partial charge in [-0.15, -0.1) is 0 Å². The maximum atomic E-state index is 10.2. The standard InChI is InChI=1S/C23H42O5.C2H6.CH4O/c1-8-20(25-5)16(2)13-14-19(24)12-10-9-11-17(3)23-22(27-7)15-21(26-6)18(4)28-23;2*1-2/h9-11,16,18-24H,8,12-15H2,1-7H3;1-2H3;2H,1H3/b10-9+,17-11+;;. The largest absolute Gasteiger partial charge is 0.400 e. The third kappa shape index (κ3) is 12.5. The normalized spacial score (nSPS) is 26.4. The fraction of sp³-hybridized carbons (Fsp3) is 0.846. The topological polar surface area (TPSA) is 77.4 Å². The Bertz CT molecular complexity index is 475. The van der Waals surface area contributed by atoms with E-state index in [0.29, 0.717) is 12.3 Å². The molecule has 0 amide bonds. The Morgan fingerprint density at radius 2 is 1.69 bits per heavy atom. The van der Waals surface area contributed by atoms with Crippen molar-refractivity contribution in [3.05, 3.63) is 23.8 Å². The van der Waals surface area contributed by atoms with E-state index < -0.39 is 0 Å². The van der Waals surface area contributed by atoms with E-state index in [2.05, 4.69) is 26.8 Å². The first-order valence-corrected chi connectivity index (χ1v) is 12.1. The van der Waals surface area contributed by atoms with Crippen molar-refractivity contribution in [2.24, 2.45) is 5.92 Å². The Morgan fingerprint density at radius 1 is 1.09 bits per heavy atom. The number of allylic oxidation sites excluding steroid dienone is 2. The van der Waals surface area contributed by atoms with Crippen molar-refractivity contribution in [2.45, 2.75) is 110 Å². The molecule has 1 fully saturated rings. The molecule has 0 spiro atoms. The van der Waals surface area contributed by atoms with Crippen LogP contribution in [0.2, 0.25) is 0 Å². The average Bonchev–Trinajstić information content (AvgIpc) is 2.83. The molecular formula is C26H52O6. The first-order valence-electron chi connectivity index (χ1n) is 12.1. The van der Waals surface area contributed by atoms with E-state index in [1.807, 2.05) is 32.9 Å². The molecule has 1 rings (SSSR count). The van der Waals surface area contributed by atoms with E-state index in [9.17, 15) is 5.11 Å². The predicted molar refractivity (Wildman–Crippen MR) is 133 cm³/mol. The van der Waals surface area contributed by atoms with Crippen LogP contribution in [0.4, 0.5) is 0 Å². The molecule has 192 valence electrons. The van der Waals surface area contributed by atoms with Gasteiger partial charge in [0.15, 0.2) is 0 Å². The Labute approximate surface area is 198 Å². The van der Waals surface area contributed by atoms with E-state index in [-0.39, 0.29) is 36.6 Å². The van der Waals surface area contributed by atoms with Crippen LogP contribution in [0.5, 0.6) is 0 Å². The summed E-state index contributed by atoms with van der Waals surface area (Å²) < 4.78 is 22.7. The fourth-order valence-corrected chi connectivity index (χ4v) is 3.97. The van der Waals surface area contributed by atoms with Gasteiger partial charge in [-0.3, -0.25) is 0 Å². The van der Waals surface area contributed by atoms with Gasteiger partial charge in [0.2, 0.25) is 0 Å². The van der Waals surface area contributed by atoms with Crippen molar-refractivity contribution in [1.82, 2.24) is 0 Å². The molecule has 32 heavy (non-hydrogen) atoms. The summed E-state index contributed by atoms with van der Waals surface area (Å²) in [5.74, 6) is 0.461. The van der Waals surface area contributed by atoms with Gasteiger partial charge in [0.25, 0.3) is 0 Å². The molecule has 0 radical (unpaired) electrons. The van der Waals surface area contributed by atoms with Crippen LogP contribution in [0.15, 0.2) is 23.8 Å². The van der Waals surface area contributed by atoms with Crippen LogP contribution in [-0.4, -0.2) is 75.3 Å². The summed E-state index contributed by atoms with van der Waals surface area (Å²) in [6, 6.07) is 0. The summed E-state index contributed by atoms with van der Waals surface area (Å²) in [4.78, 5) is 0. The van der Waals surface area contributed by atoms with Crippen molar-refractivity contribution in [1.29, 1.82) is 0 Å². The number of methoxy groups -OCH3 is 3. The molecule has 6 nitrogen and oxygen atoms in total. The first-order chi connectivity index (χ1) is 15.4. The summed E-state index contributed by atoms with van der Waals surface area (Å²) in [7, 11) is 6.20. The third-order valence-electron chi connectivity index (χ3n) is 5.94. The molecule has 6 heteroatoms. The summed E-state index contributed by atoms with van der Waals surface area (Å²) >= 11 is 0. The van der Waals surface area contributed by atoms with Gasteiger partial charge in [0.05, 0.1) is 30.5 Å². The van der Waals surface area contributed by atoms with Crippen molar-refractivity contribution >= 4 is 0 Å². The van der Waals surface area contributed by atoms with Crippen LogP contribution in [0.1, 0.15) is 73.6 Å². The van der Waals surface area contributed by atoms with E-state index in [0.717, 1.165) is 38.4 Å². The van der Waals surface area contributed by atoms with Gasteiger partial charge in [0, 0.05) is 34.9 Å². The van der Waals surface area contributed by atoms with E-state index in [1.165, 1.54) is 0 Å². The highest BCUT2D eigenvalue weighted by Gasteiger charge is 2.36. The second-order valence-corrected chi connectivity index (χ2v) is 8.01. The van der Waals surface area contributed by atoms with Gasteiger partial charge < -0.3 is 29.2 Å². The lowest BCUT2D eigenvalue weighted by Crippen LogP contribution is -2.47. The third-order valence-corrected chi connectivity index (χ3v) is 5.94. The zero-order valence-corrected chi connectivity index (χ0v) is 22.3. The molecule has 0 aromatic heterocycles. The maximum Gasteiger partial charge on any atom is 0.105 e. The van der Waals surface area contributed by atoms with E-state index in [4.69, 9.17) is 24.1 Å². The zero-order valence-electron chi connectivity index (χ0n) is 22.3. The van der Waals surface area contributed by atoms with Crippen LogP contribution < -0.4 is 0 Å². The Morgan fingerprint density at radius 3 is 2.19 bits per heavy atom. The predicted octanol–water partition coefficient (Wildman–Crippen LogP) is 4.92. The molecule has 1 aliphatic rings. The summed E-state index contributed by atoms with van der Waals surface area (Å²) in [6.45, 7) is 12.4. The minimum Gasteiger partial charge on any atom is -0.400 e. The number of aliphatic hydroxyl groups excluding tert-OH is 2. The van der Waals surface area contributed by atoms with Crippen LogP contribution in [0.3, 0.4) is 0 Å². The van der Waals surface area contributed by atoms with Crippen molar-refractivity contribution in [3.63, 3.8) is 0 Å². The van der Waals surface area contributed by atoms with Crippen molar-refractivity contribution in [2.75, 3.05) is 28.4 Å². The lowest BCUT2D eigenvalue weighted by molar-refractivity contribution is -0.166. The maximum absolute atomic E-state index is 10.2. The average molecular weight is 461 g/mol. The molecule has 1 saturated heterocycles. The summed E-state index contributed by atoms with van der Waals surface area (Å²) in [5.41, 5.74) is 1.12. The molecule has 0 bridgehead atoms. The molecule has 0 aliphatic carbocycles. The van der Waals surface area contributed by atoms with Gasteiger partial charge in [-0.05, 0) is 51.0 Å². The second kappa shape index (κ2) is 20.8. The first kappa shape index (κ1) is 33.4. The number of hydrogen-bond acceptors (Lipinski definition) is 6. The van der Waals surface area contributed by atoms with E-state index in [1.54, 1.807) is 21.3 Å². The fourth-order valence-electron chi connectivity index (χ4n) is 3.97. The minimum absolute atomic E-state index is 0.00910. The molecule has 7 unspecified atom stereocenters. The molecule has 2 N–H and O–H groups in total. The Hall–Kier alpha value is -0.760. The lowest BCUT2D eigenvalue weighted by Gasteiger charge is -2.39. The second-order valence-electron chi connectivity index (χ2n) is 8.01. The highest BCUT2D eigenvalue weighted by atomic mass is 16.6. The van der Waals surface area contributed by atoms with E-state index >= 15 is 0 Å². The van der Waals surface area contributed by atoms with Crippen LogP contribution in [-0.2, 0) is 18.9 Å². The minimum atomic E-state index is -0.318. The highest BCUT2D eigenvalue weighted by Crippen LogP contribution is 2.28. The molecule has 0 aromatic rings.